The van der Waals surface area contributed by atoms with Gasteiger partial charge in [0.1, 0.15) is 0 Å². The molecule has 166 valence electrons. The lowest BCUT2D eigenvalue weighted by atomic mass is 9.76. The summed E-state index contributed by atoms with van der Waals surface area (Å²) in [7, 11) is 0. The van der Waals surface area contributed by atoms with Crippen LogP contribution in [0.1, 0.15) is 39.1 Å². The van der Waals surface area contributed by atoms with Crippen molar-refractivity contribution < 1.29 is 24.1 Å². The van der Waals surface area contributed by atoms with E-state index in [1.54, 1.807) is 36.1 Å². The highest BCUT2D eigenvalue weighted by molar-refractivity contribution is 6.37. The second kappa shape index (κ2) is 6.41. The number of hydrogen-bond donors (Lipinski definition) is 0. The fraction of sp³-hybridized carbons (Fsp3) is 0.333. The molecule has 3 saturated heterocycles. The number of carbonyl (C=O) groups excluding carboxylic acids is 4. The van der Waals surface area contributed by atoms with Crippen molar-refractivity contribution in [1.29, 1.82) is 0 Å². The van der Waals surface area contributed by atoms with Crippen molar-refractivity contribution in [3.63, 3.8) is 0 Å². The summed E-state index contributed by atoms with van der Waals surface area (Å²) in [6.45, 7) is 2.12. The predicted octanol–water partition coefficient (Wildman–Crippen LogP) is 2.30. The van der Waals surface area contributed by atoms with Crippen LogP contribution >= 0.6 is 0 Å². The van der Waals surface area contributed by atoms with Crippen LogP contribution in [0.4, 0.5) is 11.4 Å². The lowest BCUT2D eigenvalue weighted by molar-refractivity contribution is -0.384. The van der Waals surface area contributed by atoms with Crippen molar-refractivity contribution in [2.24, 2.45) is 11.8 Å². The molecule has 9 heteroatoms. The summed E-state index contributed by atoms with van der Waals surface area (Å²) in [5.41, 5.74) is -0.773. The number of hydrogen-bond acceptors (Lipinski definition) is 7. The molecule has 1 spiro atoms. The maximum absolute atomic E-state index is 13.9. The fourth-order valence-corrected chi connectivity index (χ4v) is 6.43. The topological polar surface area (TPSA) is 118 Å². The molecule has 3 atom stereocenters. The molecule has 1 aliphatic carbocycles. The lowest BCUT2D eigenvalue weighted by Crippen LogP contribution is -2.59. The van der Waals surface area contributed by atoms with Gasteiger partial charge >= 0.3 is 0 Å². The number of nitro groups is 1. The van der Waals surface area contributed by atoms with Gasteiger partial charge in [-0.2, -0.15) is 0 Å². The Labute approximate surface area is 188 Å². The number of nitrogens with zero attached hydrogens (tertiary/aromatic N) is 3. The van der Waals surface area contributed by atoms with Crippen LogP contribution in [-0.2, 0) is 9.59 Å². The number of fused-ring (bicyclic) bond motifs is 6. The van der Waals surface area contributed by atoms with Crippen LogP contribution in [0, 0.1) is 28.9 Å². The minimum atomic E-state index is -1.73. The zero-order valence-corrected chi connectivity index (χ0v) is 17.7. The van der Waals surface area contributed by atoms with Gasteiger partial charge in [0.05, 0.1) is 22.4 Å². The molecule has 33 heavy (non-hydrogen) atoms. The first-order valence-electron chi connectivity index (χ1n) is 10.9. The van der Waals surface area contributed by atoms with E-state index in [0.717, 1.165) is 4.90 Å². The van der Waals surface area contributed by atoms with E-state index in [0.29, 0.717) is 24.9 Å². The van der Waals surface area contributed by atoms with Gasteiger partial charge in [0.25, 0.3) is 5.69 Å². The summed E-state index contributed by atoms with van der Waals surface area (Å²) < 4.78 is 0. The number of aryl methyl sites for hydroxylation is 1. The first-order valence-corrected chi connectivity index (χ1v) is 10.9. The molecular formula is C24H19N3O6. The van der Waals surface area contributed by atoms with E-state index in [1.807, 2.05) is 0 Å². The minimum Gasteiger partial charge on any atom is -0.291 e. The van der Waals surface area contributed by atoms with Crippen LogP contribution in [0.25, 0.3) is 0 Å². The summed E-state index contributed by atoms with van der Waals surface area (Å²) in [5.74, 6) is -4.00. The van der Waals surface area contributed by atoms with E-state index in [9.17, 15) is 29.3 Å². The van der Waals surface area contributed by atoms with Gasteiger partial charge in [0.15, 0.2) is 17.1 Å². The molecule has 0 aromatic heterocycles. The highest BCUT2D eigenvalue weighted by atomic mass is 16.6. The Bertz CT molecular complexity index is 1280. The van der Waals surface area contributed by atoms with Crippen molar-refractivity contribution in [3.8, 4) is 0 Å². The Hall–Kier alpha value is -3.72. The second-order valence-electron chi connectivity index (χ2n) is 9.12. The van der Waals surface area contributed by atoms with Gasteiger partial charge in [-0.05, 0) is 31.9 Å². The maximum Gasteiger partial charge on any atom is 0.271 e. The van der Waals surface area contributed by atoms with Gasteiger partial charge in [-0.15, -0.1) is 0 Å². The molecule has 0 saturated carbocycles. The average Bonchev–Trinajstić information content (AvgIpc) is 3.49. The third kappa shape index (κ3) is 2.20. The van der Waals surface area contributed by atoms with E-state index < -0.39 is 51.7 Å². The van der Waals surface area contributed by atoms with Crippen LogP contribution in [0.15, 0.2) is 42.5 Å². The van der Waals surface area contributed by atoms with Crippen molar-refractivity contribution in [3.05, 3.63) is 69.3 Å². The number of imide groups is 1. The summed E-state index contributed by atoms with van der Waals surface area (Å²) >= 11 is 0. The highest BCUT2D eigenvalue weighted by Gasteiger charge is 2.76. The molecule has 0 radical (unpaired) electrons. The van der Waals surface area contributed by atoms with Crippen LogP contribution < -0.4 is 4.90 Å². The Balaban J connectivity index is 1.54. The Morgan fingerprint density at radius 2 is 1.67 bits per heavy atom. The van der Waals surface area contributed by atoms with Crippen LogP contribution in [0.5, 0.6) is 0 Å². The monoisotopic (exact) mass is 445 g/mol. The Morgan fingerprint density at radius 3 is 2.30 bits per heavy atom. The number of rotatable bonds is 2. The lowest BCUT2D eigenvalue weighted by Gasteiger charge is -2.35. The molecule has 2 amide bonds. The number of carbonyl (C=O) groups is 4. The Kier molecular flexibility index (Phi) is 3.87. The first-order chi connectivity index (χ1) is 15.8. The van der Waals surface area contributed by atoms with E-state index in [1.165, 1.54) is 18.2 Å². The molecule has 0 N–H and O–H groups in total. The number of anilines is 1. The largest absolute Gasteiger partial charge is 0.291 e. The minimum absolute atomic E-state index is 0.128. The standard InChI is InChI=1S/C24H19N3O6/c1-12-8-9-13(27(32)33)11-17(12)26-22(30)18-16-7-4-10-25(16)24(19(18)23(26)31)20(28)14-5-2-3-6-15(14)21(24)29/h2-3,5-6,8-9,11,16,18-19H,4,7,10H2,1H3/t16-,18-,19-/m1/s1. The summed E-state index contributed by atoms with van der Waals surface area (Å²) in [4.78, 5) is 68.6. The number of amides is 2. The summed E-state index contributed by atoms with van der Waals surface area (Å²) in [6.07, 6.45) is 1.31. The number of non-ortho nitro benzene ring substituents is 1. The van der Waals surface area contributed by atoms with Crippen molar-refractivity contribution in [2.75, 3.05) is 11.4 Å². The zero-order chi connectivity index (χ0) is 23.2. The third-order valence-electron chi connectivity index (χ3n) is 7.72. The van der Waals surface area contributed by atoms with Gasteiger partial charge in [-0.3, -0.25) is 34.2 Å². The van der Waals surface area contributed by atoms with Crippen molar-refractivity contribution in [1.82, 2.24) is 4.90 Å². The molecule has 2 aromatic carbocycles. The van der Waals surface area contributed by atoms with Gasteiger partial charge in [-0.1, -0.05) is 30.3 Å². The number of benzene rings is 2. The normalized spacial score (nSPS) is 27.4. The molecule has 0 unspecified atom stereocenters. The number of Topliss-reactive ketones (excluding diaryl/α,β-unsaturated/α-hetero) is 2. The quantitative estimate of drug-likeness (QED) is 0.301. The van der Waals surface area contributed by atoms with Crippen molar-refractivity contribution >= 4 is 34.8 Å². The highest BCUT2D eigenvalue weighted by Crippen LogP contribution is 2.57. The van der Waals surface area contributed by atoms with Gasteiger partial charge in [-0.25, -0.2) is 4.90 Å². The van der Waals surface area contributed by atoms with E-state index >= 15 is 0 Å². The van der Waals surface area contributed by atoms with Crippen LogP contribution in [-0.4, -0.2) is 51.3 Å². The van der Waals surface area contributed by atoms with Gasteiger partial charge in [0.2, 0.25) is 11.8 Å². The molecule has 0 bridgehead atoms. The van der Waals surface area contributed by atoms with E-state index in [2.05, 4.69) is 0 Å². The number of ketones is 2. The molecule has 3 heterocycles. The molecule has 3 fully saturated rings. The molecule has 9 nitrogen and oxygen atoms in total. The van der Waals surface area contributed by atoms with Crippen LogP contribution in [0.3, 0.4) is 0 Å². The predicted molar refractivity (Wildman–Crippen MR) is 115 cm³/mol. The molecule has 2 aromatic rings. The number of nitro benzene ring substituents is 1. The van der Waals surface area contributed by atoms with Gasteiger partial charge in [0, 0.05) is 29.3 Å². The third-order valence-corrected chi connectivity index (χ3v) is 7.72. The second-order valence-corrected chi connectivity index (χ2v) is 9.12. The molecule has 4 aliphatic rings. The fourth-order valence-electron chi connectivity index (χ4n) is 6.43. The average molecular weight is 445 g/mol. The smallest absolute Gasteiger partial charge is 0.271 e. The summed E-state index contributed by atoms with van der Waals surface area (Å²) in [5, 5.41) is 11.3. The molecule has 3 aliphatic heterocycles. The maximum atomic E-state index is 13.9. The van der Waals surface area contributed by atoms with Crippen LogP contribution in [0.2, 0.25) is 0 Å². The van der Waals surface area contributed by atoms with E-state index in [-0.39, 0.29) is 22.5 Å². The van der Waals surface area contributed by atoms with E-state index in [4.69, 9.17) is 0 Å². The van der Waals surface area contributed by atoms with Gasteiger partial charge < -0.3 is 0 Å². The SMILES string of the molecule is Cc1ccc([N+](=O)[O-])cc1N1C(=O)[C@@H]2[C@H]3CCCN3C3(C(=O)c4ccccc4C3=O)[C@H]2C1=O. The summed E-state index contributed by atoms with van der Waals surface area (Å²) in [6, 6.07) is 10.1. The first kappa shape index (κ1) is 19.9. The molecule has 6 rings (SSSR count). The molecular weight excluding hydrogens is 426 g/mol. The van der Waals surface area contributed by atoms with Crippen molar-refractivity contribution in [2.45, 2.75) is 31.3 Å². The zero-order valence-electron chi connectivity index (χ0n) is 17.7. The Morgan fingerprint density at radius 1 is 1.00 bits per heavy atom.